The second-order valence-electron chi connectivity index (χ2n) is 6.84. The van der Waals surface area contributed by atoms with Crippen molar-refractivity contribution in [1.82, 2.24) is 9.78 Å². The first-order chi connectivity index (χ1) is 12.2. The smallest absolute Gasteiger partial charge is 0.250 e. The Kier molecular flexibility index (Phi) is 5.04. The maximum atomic E-state index is 12.9. The summed E-state index contributed by atoms with van der Waals surface area (Å²) in [5.74, 6) is 0.641. The zero-order valence-electron chi connectivity index (χ0n) is 15.3. The van der Waals surface area contributed by atoms with Crippen molar-refractivity contribution in [2.24, 2.45) is 7.05 Å². The Morgan fingerprint density at radius 3 is 2.73 bits per heavy atom. The van der Waals surface area contributed by atoms with Gasteiger partial charge in [0.15, 0.2) is 15.7 Å². The third kappa shape index (κ3) is 4.07. The zero-order valence-corrected chi connectivity index (χ0v) is 16.1. The Bertz CT molecular complexity index is 920. The molecule has 140 valence electrons. The summed E-state index contributed by atoms with van der Waals surface area (Å²) in [6.45, 7) is 2.54. The molecule has 26 heavy (non-hydrogen) atoms. The first-order valence-electron chi connectivity index (χ1n) is 8.58. The van der Waals surface area contributed by atoms with Crippen molar-refractivity contribution in [2.75, 3.05) is 23.0 Å². The summed E-state index contributed by atoms with van der Waals surface area (Å²) in [5, 5.41) is 7.64. The van der Waals surface area contributed by atoms with Gasteiger partial charge in [-0.3, -0.25) is 14.4 Å². The minimum atomic E-state index is -3.12. The largest absolute Gasteiger partial charge is 0.373 e. The molecule has 2 heterocycles. The molecular formula is C18H24N4O3S. The van der Waals surface area contributed by atoms with Crippen LogP contribution < -0.4 is 10.2 Å². The first-order valence-corrected chi connectivity index (χ1v) is 10.6. The number of carbonyl (C=O) groups is 1. The van der Waals surface area contributed by atoms with E-state index in [0.29, 0.717) is 12.4 Å². The summed E-state index contributed by atoms with van der Waals surface area (Å²) in [6, 6.07) is 6.99. The third-order valence-corrected chi connectivity index (χ3v) is 5.44. The van der Waals surface area contributed by atoms with Crippen LogP contribution >= 0.6 is 0 Å². The highest BCUT2D eigenvalue weighted by molar-refractivity contribution is 7.89. The SMILES string of the molecule is Cc1c(CS(C)(=O)=O)cccc1N[C@H]1CCCN(c2ccn(C)n2)C1=O. The molecule has 0 aliphatic carbocycles. The van der Waals surface area contributed by atoms with Crippen LogP contribution in [0.2, 0.25) is 0 Å². The van der Waals surface area contributed by atoms with Crippen LogP contribution in [0.3, 0.4) is 0 Å². The predicted molar refractivity (Wildman–Crippen MR) is 102 cm³/mol. The third-order valence-electron chi connectivity index (χ3n) is 4.61. The van der Waals surface area contributed by atoms with Gasteiger partial charge >= 0.3 is 0 Å². The fourth-order valence-electron chi connectivity index (χ4n) is 3.25. The molecule has 1 aromatic carbocycles. The number of piperidine rings is 1. The lowest BCUT2D eigenvalue weighted by molar-refractivity contribution is -0.120. The molecular weight excluding hydrogens is 352 g/mol. The van der Waals surface area contributed by atoms with Gasteiger partial charge in [0, 0.05) is 37.8 Å². The van der Waals surface area contributed by atoms with Crippen molar-refractivity contribution in [3.63, 3.8) is 0 Å². The van der Waals surface area contributed by atoms with E-state index < -0.39 is 9.84 Å². The lowest BCUT2D eigenvalue weighted by Gasteiger charge is -2.32. The molecule has 0 bridgehead atoms. The van der Waals surface area contributed by atoms with Crippen LogP contribution in [0, 0.1) is 6.92 Å². The van der Waals surface area contributed by atoms with Gasteiger partial charge < -0.3 is 5.32 Å². The predicted octanol–water partition coefficient (Wildman–Crippen LogP) is 1.88. The molecule has 1 amide bonds. The van der Waals surface area contributed by atoms with E-state index in [9.17, 15) is 13.2 Å². The van der Waals surface area contributed by atoms with Crippen molar-refractivity contribution in [1.29, 1.82) is 0 Å². The molecule has 1 N–H and O–H groups in total. The number of rotatable bonds is 5. The van der Waals surface area contributed by atoms with Crippen molar-refractivity contribution in [2.45, 2.75) is 31.6 Å². The molecule has 2 aromatic rings. The molecule has 8 heteroatoms. The van der Waals surface area contributed by atoms with E-state index in [1.807, 2.05) is 44.4 Å². The Morgan fingerprint density at radius 1 is 1.31 bits per heavy atom. The Balaban J connectivity index is 1.80. The number of nitrogens with one attached hydrogen (secondary N) is 1. The zero-order chi connectivity index (χ0) is 18.9. The van der Waals surface area contributed by atoms with Gasteiger partial charge in [-0.15, -0.1) is 0 Å². The number of amides is 1. The van der Waals surface area contributed by atoms with E-state index in [2.05, 4.69) is 10.4 Å². The van der Waals surface area contributed by atoms with E-state index in [1.165, 1.54) is 6.26 Å². The van der Waals surface area contributed by atoms with Crippen molar-refractivity contribution in [3.8, 4) is 0 Å². The quantitative estimate of drug-likeness (QED) is 0.861. The standard InChI is InChI=1S/C18H24N4O3S/c1-13-14(12-26(3,24)25)6-4-7-15(13)19-16-8-5-10-22(18(16)23)17-9-11-21(2)20-17/h4,6-7,9,11,16,19H,5,8,10,12H2,1-3H3/t16-/m0/s1. The normalized spacial score (nSPS) is 18.2. The summed E-state index contributed by atoms with van der Waals surface area (Å²) in [4.78, 5) is 14.6. The van der Waals surface area contributed by atoms with Crippen LogP contribution in [0.5, 0.6) is 0 Å². The number of hydrogen-bond donors (Lipinski definition) is 1. The van der Waals surface area contributed by atoms with E-state index in [1.54, 1.807) is 9.58 Å². The highest BCUT2D eigenvalue weighted by atomic mass is 32.2. The number of aromatic nitrogens is 2. The molecule has 1 saturated heterocycles. The minimum Gasteiger partial charge on any atom is -0.373 e. The molecule has 0 unspecified atom stereocenters. The van der Waals surface area contributed by atoms with Crippen LogP contribution in [-0.4, -0.2) is 42.9 Å². The highest BCUT2D eigenvalue weighted by Gasteiger charge is 2.31. The number of nitrogens with zero attached hydrogens (tertiary/aromatic N) is 3. The lowest BCUT2D eigenvalue weighted by Crippen LogP contribution is -2.48. The van der Waals surface area contributed by atoms with Gasteiger partial charge in [-0.05, 0) is 37.0 Å². The van der Waals surface area contributed by atoms with Crippen molar-refractivity contribution >= 4 is 27.2 Å². The van der Waals surface area contributed by atoms with E-state index in [-0.39, 0.29) is 17.7 Å². The molecule has 7 nitrogen and oxygen atoms in total. The Hall–Kier alpha value is -2.35. The second kappa shape index (κ2) is 7.11. The van der Waals surface area contributed by atoms with Gasteiger partial charge in [-0.25, -0.2) is 8.42 Å². The summed E-state index contributed by atoms with van der Waals surface area (Å²) in [7, 11) is -1.29. The Labute approximate surface area is 153 Å². The average Bonchev–Trinajstić information content (AvgIpc) is 2.98. The highest BCUT2D eigenvalue weighted by Crippen LogP contribution is 2.25. The van der Waals surface area contributed by atoms with Gasteiger partial charge in [-0.2, -0.15) is 5.10 Å². The lowest BCUT2D eigenvalue weighted by atomic mass is 10.0. The Morgan fingerprint density at radius 2 is 2.08 bits per heavy atom. The maximum Gasteiger partial charge on any atom is 0.250 e. The van der Waals surface area contributed by atoms with Crippen LogP contribution in [0.15, 0.2) is 30.5 Å². The van der Waals surface area contributed by atoms with Gasteiger partial charge in [-0.1, -0.05) is 12.1 Å². The molecule has 1 aliphatic heterocycles. The molecule has 0 radical (unpaired) electrons. The van der Waals surface area contributed by atoms with E-state index in [0.717, 1.165) is 29.7 Å². The number of carbonyl (C=O) groups excluding carboxylic acids is 1. The number of aryl methyl sites for hydroxylation is 1. The van der Waals surface area contributed by atoms with E-state index >= 15 is 0 Å². The minimum absolute atomic E-state index is 0.00692. The molecule has 1 fully saturated rings. The van der Waals surface area contributed by atoms with Crippen molar-refractivity contribution in [3.05, 3.63) is 41.6 Å². The van der Waals surface area contributed by atoms with Gasteiger partial charge in [0.1, 0.15) is 6.04 Å². The number of benzene rings is 1. The molecule has 0 saturated carbocycles. The van der Waals surface area contributed by atoms with Crippen LogP contribution in [0.4, 0.5) is 11.5 Å². The van der Waals surface area contributed by atoms with Crippen LogP contribution in [-0.2, 0) is 27.4 Å². The summed E-state index contributed by atoms with van der Waals surface area (Å²) >= 11 is 0. The summed E-state index contributed by atoms with van der Waals surface area (Å²) < 4.78 is 24.9. The molecule has 3 rings (SSSR count). The van der Waals surface area contributed by atoms with Crippen LogP contribution in [0.25, 0.3) is 0 Å². The van der Waals surface area contributed by atoms with Crippen LogP contribution in [0.1, 0.15) is 24.0 Å². The first kappa shape index (κ1) is 18.4. The molecule has 1 aliphatic rings. The summed E-state index contributed by atoms with van der Waals surface area (Å²) in [6.07, 6.45) is 4.65. The van der Waals surface area contributed by atoms with Crippen molar-refractivity contribution < 1.29 is 13.2 Å². The fourth-order valence-corrected chi connectivity index (χ4v) is 4.13. The van der Waals surface area contributed by atoms with Gasteiger partial charge in [0.25, 0.3) is 5.91 Å². The fraction of sp³-hybridized carbons (Fsp3) is 0.444. The maximum absolute atomic E-state index is 12.9. The van der Waals surface area contributed by atoms with Gasteiger partial charge in [0.2, 0.25) is 0 Å². The monoisotopic (exact) mass is 376 g/mol. The topological polar surface area (TPSA) is 84.3 Å². The van der Waals surface area contributed by atoms with Gasteiger partial charge in [0.05, 0.1) is 5.75 Å². The molecule has 0 spiro atoms. The second-order valence-corrected chi connectivity index (χ2v) is 8.98. The number of anilines is 2. The van der Waals surface area contributed by atoms with E-state index in [4.69, 9.17) is 0 Å². The molecule has 1 aromatic heterocycles. The summed E-state index contributed by atoms with van der Waals surface area (Å²) in [5.41, 5.74) is 2.41. The number of sulfone groups is 1. The number of hydrogen-bond acceptors (Lipinski definition) is 5. The average molecular weight is 376 g/mol. The molecule has 1 atom stereocenters.